The lowest BCUT2D eigenvalue weighted by Crippen LogP contribution is -2.14. The largest absolute Gasteiger partial charge is 0.497 e. The highest BCUT2D eigenvalue weighted by atomic mass is 79.9. The molecule has 1 heterocycles. The van der Waals surface area contributed by atoms with Crippen molar-refractivity contribution in [3.05, 3.63) is 51.5 Å². The summed E-state index contributed by atoms with van der Waals surface area (Å²) in [7, 11) is 1.62. The monoisotopic (exact) mass is 327 g/mol. The number of aromatic nitrogens is 2. The summed E-state index contributed by atoms with van der Waals surface area (Å²) in [4.78, 5) is 8.27. The van der Waals surface area contributed by atoms with Gasteiger partial charge in [0.15, 0.2) is 5.15 Å². The molecule has 4 nitrogen and oxygen atoms in total. The third-order valence-electron chi connectivity index (χ3n) is 2.50. The van der Waals surface area contributed by atoms with Crippen LogP contribution in [0.2, 0.25) is 5.15 Å². The fourth-order valence-corrected chi connectivity index (χ4v) is 1.83. The summed E-state index contributed by atoms with van der Waals surface area (Å²) in [5.74, 6) is 0.783. The van der Waals surface area contributed by atoms with Crippen LogP contribution in [-0.2, 0) is 0 Å². The number of hydrogen-bond donors (Lipinski definition) is 1. The fraction of sp³-hybridized carbons (Fsp3) is 0.167. The van der Waals surface area contributed by atoms with Gasteiger partial charge < -0.3 is 10.5 Å². The fourth-order valence-electron chi connectivity index (χ4n) is 1.50. The molecule has 18 heavy (non-hydrogen) atoms. The van der Waals surface area contributed by atoms with E-state index in [1.807, 2.05) is 24.3 Å². The van der Waals surface area contributed by atoms with Gasteiger partial charge in [-0.2, -0.15) is 0 Å². The van der Waals surface area contributed by atoms with Crippen LogP contribution in [0.4, 0.5) is 0 Å². The van der Waals surface area contributed by atoms with Crippen LogP contribution in [0.3, 0.4) is 0 Å². The molecule has 94 valence electrons. The van der Waals surface area contributed by atoms with E-state index < -0.39 is 0 Å². The van der Waals surface area contributed by atoms with E-state index in [4.69, 9.17) is 22.1 Å². The van der Waals surface area contributed by atoms with Crippen molar-refractivity contribution >= 4 is 27.5 Å². The van der Waals surface area contributed by atoms with Gasteiger partial charge in [-0.25, -0.2) is 9.97 Å². The Hall–Kier alpha value is -1.17. The smallest absolute Gasteiger partial charge is 0.162 e. The Labute approximate surface area is 118 Å². The molecular formula is C12H11BrClN3O. The van der Waals surface area contributed by atoms with Gasteiger partial charge in [0.05, 0.1) is 25.0 Å². The van der Waals surface area contributed by atoms with Crippen molar-refractivity contribution in [1.29, 1.82) is 0 Å². The Bertz CT molecular complexity index is 548. The first-order valence-corrected chi connectivity index (χ1v) is 6.36. The highest BCUT2D eigenvalue weighted by Crippen LogP contribution is 2.23. The Morgan fingerprint density at radius 2 is 2.00 bits per heavy atom. The predicted molar refractivity (Wildman–Crippen MR) is 73.8 cm³/mol. The molecule has 0 bridgehead atoms. The number of benzene rings is 1. The van der Waals surface area contributed by atoms with E-state index in [2.05, 4.69) is 25.9 Å². The number of hydrogen-bond acceptors (Lipinski definition) is 4. The number of nitrogens with two attached hydrogens (primary N) is 1. The van der Waals surface area contributed by atoms with Crippen molar-refractivity contribution in [2.75, 3.05) is 7.11 Å². The molecular weight excluding hydrogens is 318 g/mol. The van der Waals surface area contributed by atoms with Crippen molar-refractivity contribution in [2.45, 2.75) is 6.04 Å². The van der Waals surface area contributed by atoms with Gasteiger partial charge in [-0.3, -0.25) is 0 Å². The summed E-state index contributed by atoms with van der Waals surface area (Å²) in [6.07, 6.45) is 1.60. The van der Waals surface area contributed by atoms with E-state index in [0.717, 1.165) is 11.3 Å². The van der Waals surface area contributed by atoms with E-state index in [1.54, 1.807) is 13.3 Å². The lowest BCUT2D eigenvalue weighted by molar-refractivity contribution is 0.414. The van der Waals surface area contributed by atoms with Gasteiger partial charge in [-0.05, 0) is 33.6 Å². The van der Waals surface area contributed by atoms with Crippen molar-refractivity contribution in [2.24, 2.45) is 5.73 Å². The lowest BCUT2D eigenvalue weighted by atomic mass is 10.1. The van der Waals surface area contributed by atoms with Crippen LogP contribution in [-0.4, -0.2) is 17.1 Å². The maximum absolute atomic E-state index is 6.11. The van der Waals surface area contributed by atoms with Gasteiger partial charge in [0, 0.05) is 0 Å². The molecule has 1 unspecified atom stereocenters. The van der Waals surface area contributed by atoms with Crippen LogP contribution in [0, 0.1) is 0 Å². The zero-order chi connectivity index (χ0) is 13.1. The van der Waals surface area contributed by atoms with Crippen molar-refractivity contribution in [1.82, 2.24) is 9.97 Å². The molecule has 2 rings (SSSR count). The SMILES string of the molecule is COc1ccc(C(N)c2cnc(Br)c(Cl)n2)cc1. The molecule has 0 saturated carbocycles. The minimum absolute atomic E-state index is 0.302. The van der Waals surface area contributed by atoms with Crippen LogP contribution in [0.15, 0.2) is 35.1 Å². The van der Waals surface area contributed by atoms with Gasteiger partial charge in [0.1, 0.15) is 10.4 Å². The van der Waals surface area contributed by atoms with Gasteiger partial charge in [-0.15, -0.1) is 0 Å². The third-order valence-corrected chi connectivity index (χ3v) is 3.57. The van der Waals surface area contributed by atoms with Crippen LogP contribution in [0.25, 0.3) is 0 Å². The molecule has 0 radical (unpaired) electrons. The Kier molecular flexibility index (Phi) is 4.16. The summed E-state index contributed by atoms with van der Waals surface area (Å²) in [6, 6.07) is 7.11. The highest BCUT2D eigenvalue weighted by Gasteiger charge is 2.12. The van der Waals surface area contributed by atoms with Gasteiger partial charge in [-0.1, -0.05) is 23.7 Å². The zero-order valence-electron chi connectivity index (χ0n) is 9.60. The molecule has 0 aliphatic rings. The zero-order valence-corrected chi connectivity index (χ0v) is 11.9. The molecule has 0 amide bonds. The quantitative estimate of drug-likeness (QED) is 0.941. The topological polar surface area (TPSA) is 61.0 Å². The van der Waals surface area contributed by atoms with Crippen LogP contribution < -0.4 is 10.5 Å². The number of rotatable bonds is 3. The van der Waals surface area contributed by atoms with Gasteiger partial charge in [0.2, 0.25) is 0 Å². The molecule has 0 aliphatic carbocycles. The summed E-state index contributed by atoms with van der Waals surface area (Å²) in [5.41, 5.74) is 7.65. The van der Waals surface area contributed by atoms with Crippen molar-refractivity contribution in [3.63, 3.8) is 0 Å². The lowest BCUT2D eigenvalue weighted by Gasteiger charge is -2.12. The molecule has 1 aromatic carbocycles. The second-order valence-electron chi connectivity index (χ2n) is 3.63. The average molecular weight is 329 g/mol. The van der Waals surface area contributed by atoms with Crippen LogP contribution in [0.1, 0.15) is 17.3 Å². The highest BCUT2D eigenvalue weighted by molar-refractivity contribution is 9.10. The predicted octanol–water partition coefficient (Wildman–Crippen LogP) is 2.95. The molecule has 2 N–H and O–H groups in total. The van der Waals surface area contributed by atoms with E-state index in [-0.39, 0.29) is 6.04 Å². The third kappa shape index (κ3) is 2.80. The maximum Gasteiger partial charge on any atom is 0.162 e. The minimum atomic E-state index is -0.367. The average Bonchev–Trinajstić information content (AvgIpc) is 2.41. The van der Waals surface area contributed by atoms with Crippen molar-refractivity contribution in [3.8, 4) is 5.75 Å². The second kappa shape index (κ2) is 5.65. The standard InChI is InChI=1S/C12H11BrClN3O/c1-18-8-4-2-7(3-5-8)10(15)9-6-16-11(13)12(14)17-9/h2-6,10H,15H2,1H3. The van der Waals surface area contributed by atoms with Crippen LogP contribution in [0.5, 0.6) is 5.75 Å². The molecule has 0 aliphatic heterocycles. The summed E-state index contributed by atoms with van der Waals surface area (Å²) in [5, 5.41) is 0.302. The first-order valence-electron chi connectivity index (χ1n) is 5.19. The summed E-state index contributed by atoms with van der Waals surface area (Å²) in [6.45, 7) is 0. The minimum Gasteiger partial charge on any atom is -0.497 e. The molecule has 0 fully saturated rings. The Morgan fingerprint density at radius 1 is 1.33 bits per heavy atom. The van der Waals surface area contributed by atoms with Gasteiger partial charge in [0.25, 0.3) is 0 Å². The summed E-state index contributed by atoms with van der Waals surface area (Å²) < 4.78 is 5.60. The number of ether oxygens (including phenoxy) is 1. The molecule has 2 aromatic rings. The first-order chi connectivity index (χ1) is 8.61. The molecule has 1 atom stereocenters. The van der Waals surface area contributed by atoms with E-state index in [9.17, 15) is 0 Å². The normalized spacial score (nSPS) is 12.2. The molecule has 6 heteroatoms. The molecule has 0 spiro atoms. The van der Waals surface area contributed by atoms with Gasteiger partial charge >= 0.3 is 0 Å². The van der Waals surface area contributed by atoms with E-state index in [1.165, 1.54) is 0 Å². The molecule has 0 saturated heterocycles. The van der Waals surface area contributed by atoms with Crippen LogP contribution >= 0.6 is 27.5 Å². The summed E-state index contributed by atoms with van der Waals surface area (Å²) >= 11 is 9.09. The Balaban J connectivity index is 2.28. The Morgan fingerprint density at radius 3 is 2.56 bits per heavy atom. The first kappa shape index (κ1) is 13.3. The van der Waals surface area contributed by atoms with E-state index in [0.29, 0.717) is 15.5 Å². The molecule has 1 aromatic heterocycles. The number of methoxy groups -OCH3 is 1. The van der Waals surface area contributed by atoms with Crippen molar-refractivity contribution < 1.29 is 4.74 Å². The second-order valence-corrected chi connectivity index (χ2v) is 4.74. The van der Waals surface area contributed by atoms with E-state index >= 15 is 0 Å². The maximum atomic E-state index is 6.11. The number of halogens is 2. The number of nitrogens with zero attached hydrogens (tertiary/aromatic N) is 2.